The predicted octanol–water partition coefficient (Wildman–Crippen LogP) is 6.99. The maximum Gasteiger partial charge on any atom is 0.269 e. The van der Waals surface area contributed by atoms with E-state index in [1.54, 1.807) is 34.8 Å². The first-order valence-electron chi connectivity index (χ1n) is 10.4. The van der Waals surface area contributed by atoms with E-state index in [9.17, 15) is 10.1 Å². The van der Waals surface area contributed by atoms with Gasteiger partial charge >= 0.3 is 0 Å². The molecule has 0 aliphatic rings. The number of thiazole rings is 2. The van der Waals surface area contributed by atoms with Crippen LogP contribution in [0.2, 0.25) is 0 Å². The minimum Gasteiger partial charge on any atom is -0.372 e. The summed E-state index contributed by atoms with van der Waals surface area (Å²) in [5.41, 5.74) is 5.18. The van der Waals surface area contributed by atoms with Crippen molar-refractivity contribution in [2.45, 2.75) is 13.8 Å². The second kappa shape index (κ2) is 8.29. The van der Waals surface area contributed by atoms with Crippen LogP contribution >= 0.6 is 22.7 Å². The summed E-state index contributed by atoms with van der Waals surface area (Å²) in [7, 11) is 0. The number of benzene rings is 3. The second-order valence-electron chi connectivity index (χ2n) is 7.35. The minimum atomic E-state index is -0.392. The monoisotopic (exact) mass is 460 g/mol. The highest BCUT2D eigenvalue weighted by Crippen LogP contribution is 2.37. The zero-order valence-electron chi connectivity index (χ0n) is 17.6. The van der Waals surface area contributed by atoms with Crippen LogP contribution in [0, 0.1) is 10.1 Å². The molecule has 6 nitrogen and oxygen atoms in total. The fraction of sp³-hybridized carbons (Fsp3) is 0.167. The van der Waals surface area contributed by atoms with Gasteiger partial charge in [0.2, 0.25) is 0 Å². The van der Waals surface area contributed by atoms with E-state index in [0.717, 1.165) is 54.7 Å². The Labute approximate surface area is 193 Å². The van der Waals surface area contributed by atoms with Crippen molar-refractivity contribution in [3.8, 4) is 21.1 Å². The summed E-state index contributed by atoms with van der Waals surface area (Å²) in [4.78, 5) is 22.4. The molecule has 0 aliphatic heterocycles. The summed E-state index contributed by atoms with van der Waals surface area (Å²) in [6, 6.07) is 19.3. The maximum absolute atomic E-state index is 10.9. The van der Waals surface area contributed by atoms with Gasteiger partial charge < -0.3 is 4.90 Å². The minimum absolute atomic E-state index is 0.0808. The molecule has 8 heteroatoms. The van der Waals surface area contributed by atoms with Gasteiger partial charge in [-0.05, 0) is 62.4 Å². The van der Waals surface area contributed by atoms with E-state index in [4.69, 9.17) is 9.97 Å². The van der Waals surface area contributed by atoms with Gasteiger partial charge in [-0.1, -0.05) is 0 Å². The molecule has 0 saturated carbocycles. The summed E-state index contributed by atoms with van der Waals surface area (Å²) in [5, 5.41) is 12.7. The SMILES string of the molecule is CCN(CC)c1ccc(-c2nc3cc4sc(-c5ccc([N+](=O)[O-])cc5)nc4cc3s2)cc1. The van der Waals surface area contributed by atoms with Crippen LogP contribution in [0.3, 0.4) is 0 Å². The molecule has 0 fully saturated rings. The quantitative estimate of drug-likeness (QED) is 0.202. The zero-order chi connectivity index (χ0) is 22.2. The lowest BCUT2D eigenvalue weighted by atomic mass is 10.2. The van der Waals surface area contributed by atoms with Crippen LogP contribution < -0.4 is 4.90 Å². The molecule has 3 aromatic carbocycles. The lowest BCUT2D eigenvalue weighted by Gasteiger charge is -2.20. The molecule has 0 spiro atoms. The van der Waals surface area contributed by atoms with Crippen LogP contribution in [-0.2, 0) is 0 Å². The number of nitro benzene ring substituents is 1. The van der Waals surface area contributed by atoms with Gasteiger partial charge in [-0.25, -0.2) is 9.97 Å². The summed E-state index contributed by atoms with van der Waals surface area (Å²) in [5.74, 6) is 0. The fourth-order valence-corrected chi connectivity index (χ4v) is 5.70. The van der Waals surface area contributed by atoms with Gasteiger partial charge in [-0.15, -0.1) is 22.7 Å². The molecule has 0 aliphatic carbocycles. The fourth-order valence-electron chi connectivity index (χ4n) is 3.73. The molecule has 0 N–H and O–H groups in total. The highest BCUT2D eigenvalue weighted by Gasteiger charge is 2.13. The summed E-state index contributed by atoms with van der Waals surface area (Å²) in [6.07, 6.45) is 0. The average Bonchev–Trinajstić information content (AvgIpc) is 3.42. The van der Waals surface area contributed by atoms with Crippen LogP contribution in [0.4, 0.5) is 11.4 Å². The number of hydrogen-bond donors (Lipinski definition) is 0. The predicted molar refractivity (Wildman–Crippen MR) is 134 cm³/mol. The standard InChI is InChI=1S/C24H20N4O2S2/c1-3-27(4-2)17-9-5-15(6-10-17)23-25-19-13-22-20(14-21(19)31-23)26-24(32-22)16-7-11-18(12-8-16)28(29)30/h5-14H,3-4H2,1-2H3. The molecule has 5 rings (SSSR count). The van der Waals surface area contributed by atoms with Crippen molar-refractivity contribution in [1.29, 1.82) is 0 Å². The Hall–Kier alpha value is -3.36. The lowest BCUT2D eigenvalue weighted by molar-refractivity contribution is -0.384. The van der Waals surface area contributed by atoms with Gasteiger partial charge in [0.1, 0.15) is 10.0 Å². The topological polar surface area (TPSA) is 72.2 Å². The highest BCUT2D eigenvalue weighted by atomic mass is 32.1. The normalized spacial score (nSPS) is 11.3. The van der Waals surface area contributed by atoms with Gasteiger partial charge in [0, 0.05) is 42.0 Å². The largest absolute Gasteiger partial charge is 0.372 e. The van der Waals surface area contributed by atoms with Crippen LogP contribution in [0.1, 0.15) is 13.8 Å². The second-order valence-corrected chi connectivity index (χ2v) is 9.41. The molecular formula is C24H20N4O2S2. The molecular weight excluding hydrogens is 440 g/mol. The van der Waals surface area contributed by atoms with Crippen LogP contribution in [-0.4, -0.2) is 28.0 Å². The van der Waals surface area contributed by atoms with Gasteiger partial charge in [0.05, 0.1) is 25.4 Å². The van der Waals surface area contributed by atoms with Crippen molar-refractivity contribution in [2.75, 3.05) is 18.0 Å². The van der Waals surface area contributed by atoms with E-state index in [-0.39, 0.29) is 5.69 Å². The van der Waals surface area contributed by atoms with Crippen LogP contribution in [0.25, 0.3) is 41.6 Å². The Morgan fingerprint density at radius 1 is 0.812 bits per heavy atom. The first kappa shape index (κ1) is 20.5. The van der Waals surface area contributed by atoms with E-state index in [0.29, 0.717) is 0 Å². The Bertz CT molecular complexity index is 1370. The number of anilines is 1. The third-order valence-electron chi connectivity index (χ3n) is 5.47. The molecule has 0 saturated heterocycles. The Morgan fingerprint density at radius 2 is 1.28 bits per heavy atom. The number of rotatable bonds is 6. The number of aromatic nitrogens is 2. The smallest absolute Gasteiger partial charge is 0.269 e. The van der Waals surface area contributed by atoms with Crippen LogP contribution in [0.15, 0.2) is 60.7 Å². The molecule has 2 aromatic heterocycles. The third kappa shape index (κ3) is 3.72. The molecule has 2 heterocycles. The van der Waals surface area contributed by atoms with Gasteiger partial charge in [0.25, 0.3) is 5.69 Å². The first-order chi connectivity index (χ1) is 15.6. The number of fused-ring (bicyclic) bond motifs is 2. The lowest BCUT2D eigenvalue weighted by Crippen LogP contribution is -2.21. The first-order valence-corrected chi connectivity index (χ1v) is 12.0. The van der Waals surface area contributed by atoms with Gasteiger partial charge in [-0.3, -0.25) is 10.1 Å². The van der Waals surface area contributed by atoms with Crippen molar-refractivity contribution in [3.63, 3.8) is 0 Å². The van der Waals surface area contributed by atoms with Crippen molar-refractivity contribution in [2.24, 2.45) is 0 Å². The van der Waals surface area contributed by atoms with E-state index >= 15 is 0 Å². The number of nitrogens with zero attached hydrogens (tertiary/aromatic N) is 4. The van der Waals surface area contributed by atoms with Gasteiger partial charge in [-0.2, -0.15) is 0 Å². The van der Waals surface area contributed by atoms with E-state index in [2.05, 4.69) is 55.1 Å². The van der Waals surface area contributed by atoms with Crippen molar-refractivity contribution < 1.29 is 4.92 Å². The molecule has 0 unspecified atom stereocenters. The number of hydrogen-bond acceptors (Lipinski definition) is 7. The summed E-state index contributed by atoms with van der Waals surface area (Å²) >= 11 is 3.24. The molecule has 0 amide bonds. The Balaban J connectivity index is 1.47. The van der Waals surface area contributed by atoms with Crippen molar-refractivity contribution >= 4 is 54.5 Å². The van der Waals surface area contributed by atoms with E-state index in [1.807, 2.05) is 0 Å². The van der Waals surface area contributed by atoms with E-state index < -0.39 is 4.92 Å². The molecule has 32 heavy (non-hydrogen) atoms. The average molecular weight is 461 g/mol. The van der Waals surface area contributed by atoms with E-state index in [1.165, 1.54) is 17.8 Å². The maximum atomic E-state index is 10.9. The third-order valence-corrected chi connectivity index (χ3v) is 7.60. The number of non-ortho nitro benzene ring substituents is 1. The van der Waals surface area contributed by atoms with Crippen molar-refractivity contribution in [1.82, 2.24) is 9.97 Å². The highest BCUT2D eigenvalue weighted by molar-refractivity contribution is 7.23. The molecule has 5 aromatic rings. The van der Waals surface area contributed by atoms with Crippen LogP contribution in [0.5, 0.6) is 0 Å². The Kier molecular flexibility index (Phi) is 5.32. The summed E-state index contributed by atoms with van der Waals surface area (Å²) < 4.78 is 2.15. The van der Waals surface area contributed by atoms with Crippen molar-refractivity contribution in [3.05, 3.63) is 70.8 Å². The molecule has 0 radical (unpaired) electrons. The summed E-state index contributed by atoms with van der Waals surface area (Å²) in [6.45, 7) is 6.31. The molecule has 160 valence electrons. The molecule has 0 atom stereocenters. The Morgan fingerprint density at radius 3 is 1.72 bits per heavy atom. The molecule has 0 bridgehead atoms. The number of nitro groups is 1. The van der Waals surface area contributed by atoms with Gasteiger partial charge in [0.15, 0.2) is 0 Å². The zero-order valence-corrected chi connectivity index (χ0v) is 19.2.